The topological polar surface area (TPSA) is 52.0 Å². The van der Waals surface area contributed by atoms with E-state index in [4.69, 9.17) is 14.8 Å². The van der Waals surface area contributed by atoms with E-state index in [9.17, 15) is 0 Å². The first-order valence-electron chi connectivity index (χ1n) is 13.2. The fourth-order valence-electron chi connectivity index (χ4n) is 5.10. The van der Waals surface area contributed by atoms with Crippen molar-refractivity contribution in [2.24, 2.45) is 0 Å². The van der Waals surface area contributed by atoms with Crippen LogP contribution in [0.15, 0.2) is 133 Å². The van der Waals surface area contributed by atoms with Gasteiger partial charge < -0.3 is 10.1 Å². The summed E-state index contributed by atoms with van der Waals surface area (Å²) in [5.74, 6) is 0.826. The zero-order chi connectivity index (χ0) is 26.9. The Balaban J connectivity index is 1.26. The first-order chi connectivity index (χ1) is 19.8. The molecule has 0 spiro atoms. The Morgan fingerprint density at radius 2 is 1.23 bits per heavy atom. The van der Waals surface area contributed by atoms with Gasteiger partial charge in [0.1, 0.15) is 5.75 Å². The average Bonchev–Trinajstić information content (AvgIpc) is 3.47. The molecule has 0 bridgehead atoms. The van der Waals surface area contributed by atoms with Crippen LogP contribution in [0.5, 0.6) is 5.75 Å². The van der Waals surface area contributed by atoms with E-state index in [1.54, 1.807) is 7.11 Å². The highest BCUT2D eigenvalue weighted by molar-refractivity contribution is 6.08. The van der Waals surface area contributed by atoms with Gasteiger partial charge in [-0.15, -0.1) is 0 Å². The zero-order valence-corrected chi connectivity index (χ0v) is 22.0. The molecule has 0 atom stereocenters. The first kappa shape index (κ1) is 23.7. The minimum atomic E-state index is 0.826. The fourth-order valence-corrected chi connectivity index (χ4v) is 5.10. The van der Waals surface area contributed by atoms with Gasteiger partial charge in [0, 0.05) is 27.6 Å². The number of aromatic nitrogens is 3. The van der Waals surface area contributed by atoms with Crippen LogP contribution in [0.3, 0.4) is 0 Å². The molecule has 2 aromatic heterocycles. The largest absolute Gasteiger partial charge is 0.497 e. The van der Waals surface area contributed by atoms with Crippen LogP contribution in [0.2, 0.25) is 0 Å². The third-order valence-corrected chi connectivity index (χ3v) is 7.13. The summed E-state index contributed by atoms with van der Waals surface area (Å²) in [5.41, 5.74) is 9.04. The standard InChI is InChI=1S/C35H26N4O/c1-40-28-21-17-25(18-22-28)34-23-33(38-39(34)27-9-3-2-4-10-27)24-15-19-26(20-16-24)36-35-29-11-5-7-13-31(29)37-32-14-8-6-12-30(32)35/h2-23H,1H3,(H,36,37). The molecular formula is C35H26N4O. The molecule has 5 nitrogen and oxygen atoms in total. The second-order valence-corrected chi connectivity index (χ2v) is 9.61. The van der Waals surface area contributed by atoms with Crippen LogP contribution >= 0.6 is 0 Å². The van der Waals surface area contributed by atoms with Crippen LogP contribution in [0, 0.1) is 0 Å². The normalized spacial score (nSPS) is 11.1. The summed E-state index contributed by atoms with van der Waals surface area (Å²) in [6.45, 7) is 0. The lowest BCUT2D eigenvalue weighted by Crippen LogP contribution is -1.99. The molecule has 0 aliphatic heterocycles. The van der Waals surface area contributed by atoms with E-state index >= 15 is 0 Å². The number of hydrogen-bond donors (Lipinski definition) is 1. The molecule has 2 heterocycles. The van der Waals surface area contributed by atoms with Gasteiger partial charge in [0.05, 0.1) is 40.9 Å². The number of ether oxygens (including phenoxy) is 1. The molecule has 7 rings (SSSR count). The predicted octanol–water partition coefficient (Wildman–Crippen LogP) is 8.66. The van der Waals surface area contributed by atoms with Gasteiger partial charge >= 0.3 is 0 Å². The second-order valence-electron chi connectivity index (χ2n) is 9.61. The number of nitrogens with zero attached hydrogens (tertiary/aromatic N) is 3. The SMILES string of the molecule is COc1ccc(-c2cc(-c3ccc(Nc4c5ccccc5nc5ccccc45)cc3)nn2-c2ccccc2)cc1. The molecule has 5 aromatic carbocycles. The summed E-state index contributed by atoms with van der Waals surface area (Å²) in [6.07, 6.45) is 0. The second kappa shape index (κ2) is 10.0. The molecule has 40 heavy (non-hydrogen) atoms. The van der Waals surface area contributed by atoms with Crippen LogP contribution in [-0.2, 0) is 0 Å². The average molecular weight is 519 g/mol. The van der Waals surface area contributed by atoms with Crippen LogP contribution in [0.25, 0.3) is 50.0 Å². The van der Waals surface area contributed by atoms with Crippen LogP contribution in [-0.4, -0.2) is 21.9 Å². The summed E-state index contributed by atoms with van der Waals surface area (Å²) >= 11 is 0. The number of hydrogen-bond acceptors (Lipinski definition) is 4. The van der Waals surface area contributed by atoms with E-state index in [-0.39, 0.29) is 0 Å². The van der Waals surface area contributed by atoms with Crippen molar-refractivity contribution in [3.05, 3.63) is 133 Å². The summed E-state index contributed by atoms with van der Waals surface area (Å²) < 4.78 is 7.36. The Hall–Kier alpha value is -5.42. The molecule has 7 aromatic rings. The summed E-state index contributed by atoms with van der Waals surface area (Å²) in [4.78, 5) is 4.85. The van der Waals surface area contributed by atoms with Crippen molar-refractivity contribution in [1.82, 2.24) is 14.8 Å². The number of methoxy groups -OCH3 is 1. The summed E-state index contributed by atoms with van der Waals surface area (Å²) in [5, 5.41) is 10.9. The monoisotopic (exact) mass is 518 g/mol. The highest BCUT2D eigenvalue weighted by Gasteiger charge is 2.14. The molecule has 5 heteroatoms. The molecule has 0 amide bonds. The van der Waals surface area contributed by atoms with Gasteiger partial charge in [-0.2, -0.15) is 5.10 Å². The van der Waals surface area contributed by atoms with E-state index in [1.165, 1.54) is 0 Å². The van der Waals surface area contributed by atoms with E-state index < -0.39 is 0 Å². The number of nitrogens with one attached hydrogen (secondary N) is 1. The highest BCUT2D eigenvalue weighted by atomic mass is 16.5. The maximum absolute atomic E-state index is 5.36. The lowest BCUT2D eigenvalue weighted by atomic mass is 10.1. The van der Waals surface area contributed by atoms with Crippen molar-refractivity contribution >= 4 is 33.2 Å². The highest BCUT2D eigenvalue weighted by Crippen LogP contribution is 2.34. The Bertz CT molecular complexity index is 1890. The van der Waals surface area contributed by atoms with E-state index in [1.807, 2.05) is 47.1 Å². The molecule has 0 aliphatic carbocycles. The van der Waals surface area contributed by atoms with E-state index in [0.29, 0.717) is 0 Å². The number of pyridine rings is 1. The number of fused-ring (bicyclic) bond motifs is 2. The van der Waals surface area contributed by atoms with Crippen molar-refractivity contribution < 1.29 is 4.74 Å². The lowest BCUT2D eigenvalue weighted by molar-refractivity contribution is 0.415. The molecule has 0 saturated heterocycles. The Morgan fingerprint density at radius 3 is 1.88 bits per heavy atom. The zero-order valence-electron chi connectivity index (χ0n) is 22.0. The quantitative estimate of drug-likeness (QED) is 0.224. The summed E-state index contributed by atoms with van der Waals surface area (Å²) in [7, 11) is 1.68. The summed E-state index contributed by atoms with van der Waals surface area (Å²) in [6, 6.07) is 45.4. The Morgan fingerprint density at radius 1 is 0.625 bits per heavy atom. The van der Waals surface area contributed by atoms with Gasteiger partial charge in [-0.1, -0.05) is 66.7 Å². The minimum absolute atomic E-state index is 0.826. The van der Waals surface area contributed by atoms with Crippen molar-refractivity contribution in [2.75, 3.05) is 12.4 Å². The predicted molar refractivity (Wildman–Crippen MR) is 164 cm³/mol. The first-order valence-corrected chi connectivity index (χ1v) is 13.2. The number of rotatable bonds is 6. The molecule has 192 valence electrons. The van der Waals surface area contributed by atoms with Crippen LogP contribution < -0.4 is 10.1 Å². The van der Waals surface area contributed by atoms with Crippen molar-refractivity contribution in [2.45, 2.75) is 0 Å². The number of anilines is 2. The van der Waals surface area contributed by atoms with Gasteiger partial charge in [0.15, 0.2) is 0 Å². The fraction of sp³-hybridized carbons (Fsp3) is 0.0286. The molecule has 1 N–H and O–H groups in total. The molecular weight excluding hydrogens is 492 g/mol. The van der Waals surface area contributed by atoms with Gasteiger partial charge in [-0.05, 0) is 66.7 Å². The Labute approximate surface area is 232 Å². The molecule has 0 radical (unpaired) electrons. The smallest absolute Gasteiger partial charge is 0.118 e. The third kappa shape index (κ3) is 4.33. The molecule has 0 aliphatic rings. The van der Waals surface area contributed by atoms with E-state index in [2.05, 4.69) is 96.3 Å². The number of benzene rings is 5. The molecule has 0 saturated carbocycles. The van der Waals surface area contributed by atoms with Crippen molar-refractivity contribution in [1.29, 1.82) is 0 Å². The third-order valence-electron chi connectivity index (χ3n) is 7.13. The van der Waals surface area contributed by atoms with E-state index in [0.717, 1.165) is 67.1 Å². The number of para-hydroxylation sites is 3. The van der Waals surface area contributed by atoms with Gasteiger partial charge in [0.2, 0.25) is 0 Å². The van der Waals surface area contributed by atoms with Gasteiger partial charge in [-0.25, -0.2) is 9.67 Å². The maximum Gasteiger partial charge on any atom is 0.118 e. The maximum atomic E-state index is 5.36. The van der Waals surface area contributed by atoms with Crippen molar-refractivity contribution in [3.8, 4) is 34.0 Å². The van der Waals surface area contributed by atoms with Crippen LogP contribution in [0.1, 0.15) is 0 Å². The van der Waals surface area contributed by atoms with Crippen LogP contribution in [0.4, 0.5) is 11.4 Å². The van der Waals surface area contributed by atoms with Crippen molar-refractivity contribution in [3.63, 3.8) is 0 Å². The molecule has 0 unspecified atom stereocenters. The minimum Gasteiger partial charge on any atom is -0.497 e. The van der Waals surface area contributed by atoms with Gasteiger partial charge in [0.25, 0.3) is 0 Å². The lowest BCUT2D eigenvalue weighted by Gasteiger charge is -2.13. The Kier molecular flexibility index (Phi) is 5.94. The molecule has 0 fully saturated rings. The van der Waals surface area contributed by atoms with Gasteiger partial charge in [-0.3, -0.25) is 0 Å².